The molecule has 0 bridgehead atoms. The van der Waals surface area contributed by atoms with E-state index in [2.05, 4.69) is 20.3 Å². The molecule has 7 heteroatoms. The zero-order chi connectivity index (χ0) is 16.9. The highest BCUT2D eigenvalue weighted by molar-refractivity contribution is 5.66. The van der Waals surface area contributed by atoms with Crippen molar-refractivity contribution >= 4 is 11.6 Å². The van der Waals surface area contributed by atoms with Gasteiger partial charge in [-0.25, -0.2) is 9.97 Å². The summed E-state index contributed by atoms with van der Waals surface area (Å²) in [5, 5.41) is 3.16. The first-order chi connectivity index (χ1) is 11.7. The molecule has 1 aromatic carbocycles. The molecule has 0 aliphatic heterocycles. The number of methoxy groups -OCH3 is 3. The Bertz CT molecular complexity index is 793. The fourth-order valence-corrected chi connectivity index (χ4v) is 2.34. The van der Waals surface area contributed by atoms with Crippen molar-refractivity contribution in [1.82, 2.24) is 15.0 Å². The fourth-order valence-electron chi connectivity index (χ4n) is 2.34. The Morgan fingerprint density at radius 2 is 1.75 bits per heavy atom. The maximum Gasteiger partial charge on any atom is 0.227 e. The summed E-state index contributed by atoms with van der Waals surface area (Å²) >= 11 is 0. The van der Waals surface area contributed by atoms with Crippen LogP contribution in [0.15, 0.2) is 42.7 Å². The molecule has 0 saturated carbocycles. The van der Waals surface area contributed by atoms with Crippen LogP contribution in [0.25, 0.3) is 11.4 Å². The van der Waals surface area contributed by atoms with Crippen LogP contribution >= 0.6 is 0 Å². The Balaban J connectivity index is 1.92. The van der Waals surface area contributed by atoms with Crippen LogP contribution in [0.4, 0.5) is 11.6 Å². The second kappa shape index (κ2) is 6.91. The van der Waals surface area contributed by atoms with Crippen LogP contribution in [0.1, 0.15) is 0 Å². The molecule has 3 rings (SSSR count). The molecule has 0 radical (unpaired) electrons. The van der Waals surface area contributed by atoms with E-state index < -0.39 is 0 Å². The number of nitrogens with one attached hydrogen (secondary N) is 2. The summed E-state index contributed by atoms with van der Waals surface area (Å²) in [5.74, 6) is 2.11. The summed E-state index contributed by atoms with van der Waals surface area (Å²) in [6, 6.07) is 9.31. The highest BCUT2D eigenvalue weighted by atomic mass is 16.5. The number of hydrogen-bond donors (Lipinski definition) is 2. The molecule has 124 valence electrons. The Kier molecular flexibility index (Phi) is 4.51. The van der Waals surface area contributed by atoms with Gasteiger partial charge in [0.05, 0.1) is 32.7 Å². The molecule has 0 unspecified atom stereocenters. The van der Waals surface area contributed by atoms with Crippen molar-refractivity contribution in [2.45, 2.75) is 0 Å². The fraction of sp³-hybridized carbons (Fsp3) is 0.176. The molecular formula is C17H18N4O3. The Hall–Kier alpha value is -3.22. The van der Waals surface area contributed by atoms with E-state index in [4.69, 9.17) is 14.2 Å². The maximum absolute atomic E-state index is 5.35. The quantitative estimate of drug-likeness (QED) is 0.724. The van der Waals surface area contributed by atoms with Crippen LogP contribution in [0, 0.1) is 0 Å². The number of ether oxygens (including phenoxy) is 3. The second-order valence-electron chi connectivity index (χ2n) is 4.89. The number of aromatic nitrogens is 3. The molecule has 2 heterocycles. The predicted octanol–water partition coefficient (Wildman–Crippen LogP) is 3.24. The number of nitrogens with zero attached hydrogens (tertiary/aromatic N) is 2. The van der Waals surface area contributed by atoms with Gasteiger partial charge in [0.15, 0.2) is 11.5 Å². The van der Waals surface area contributed by atoms with Gasteiger partial charge >= 0.3 is 0 Å². The van der Waals surface area contributed by atoms with Gasteiger partial charge in [0.2, 0.25) is 11.7 Å². The van der Waals surface area contributed by atoms with Crippen molar-refractivity contribution in [2.75, 3.05) is 26.6 Å². The Morgan fingerprint density at radius 3 is 2.33 bits per heavy atom. The summed E-state index contributed by atoms with van der Waals surface area (Å²) in [7, 11) is 4.71. The number of rotatable bonds is 6. The van der Waals surface area contributed by atoms with E-state index in [9.17, 15) is 0 Å². The summed E-state index contributed by atoms with van der Waals surface area (Å²) in [4.78, 5) is 11.9. The lowest BCUT2D eigenvalue weighted by Gasteiger charge is -2.14. The monoisotopic (exact) mass is 326 g/mol. The average molecular weight is 326 g/mol. The van der Waals surface area contributed by atoms with Crippen LogP contribution in [0.3, 0.4) is 0 Å². The van der Waals surface area contributed by atoms with E-state index in [1.54, 1.807) is 39.7 Å². The second-order valence-corrected chi connectivity index (χ2v) is 4.89. The number of aromatic amines is 1. The van der Waals surface area contributed by atoms with Gasteiger partial charge in [0, 0.05) is 30.2 Å². The van der Waals surface area contributed by atoms with Crippen molar-refractivity contribution in [3.8, 4) is 28.6 Å². The molecule has 2 N–H and O–H groups in total. The lowest BCUT2D eigenvalue weighted by atomic mass is 10.2. The summed E-state index contributed by atoms with van der Waals surface area (Å²) in [5.41, 5.74) is 2.45. The number of anilines is 2. The van der Waals surface area contributed by atoms with E-state index in [1.807, 2.05) is 24.4 Å². The standard InChI is InChI=1S/C17H18N4O3/c1-22-14-9-11(10-15(23-2)16(14)24-3)20-17-19-8-6-13(21-17)12-5-4-7-18-12/h4-10,18H,1-3H3,(H,19,20,21). The molecule has 2 aromatic heterocycles. The molecule has 0 aliphatic rings. The van der Waals surface area contributed by atoms with Gasteiger partial charge in [-0.3, -0.25) is 0 Å². The normalized spacial score (nSPS) is 10.3. The summed E-state index contributed by atoms with van der Waals surface area (Å²) in [6.45, 7) is 0. The van der Waals surface area contributed by atoms with Gasteiger partial charge in [-0.05, 0) is 18.2 Å². The minimum absolute atomic E-state index is 0.469. The molecule has 7 nitrogen and oxygen atoms in total. The third kappa shape index (κ3) is 3.10. The number of benzene rings is 1. The van der Waals surface area contributed by atoms with Gasteiger partial charge < -0.3 is 24.5 Å². The summed E-state index contributed by atoms with van der Waals surface area (Å²) in [6.07, 6.45) is 3.55. The number of H-pyrrole nitrogens is 1. The summed E-state index contributed by atoms with van der Waals surface area (Å²) < 4.78 is 16.0. The first-order valence-electron chi connectivity index (χ1n) is 7.29. The van der Waals surface area contributed by atoms with Crippen molar-refractivity contribution in [3.05, 3.63) is 42.7 Å². The Labute approximate surface area is 139 Å². The molecule has 3 aromatic rings. The van der Waals surface area contributed by atoms with E-state index in [1.165, 1.54) is 0 Å². The van der Waals surface area contributed by atoms with Crippen LogP contribution in [0.2, 0.25) is 0 Å². The van der Waals surface area contributed by atoms with Gasteiger partial charge in [0.25, 0.3) is 0 Å². The molecule has 0 saturated heterocycles. The van der Waals surface area contributed by atoms with Gasteiger partial charge in [-0.15, -0.1) is 0 Å². The van der Waals surface area contributed by atoms with Crippen LogP contribution < -0.4 is 19.5 Å². The van der Waals surface area contributed by atoms with Crippen molar-refractivity contribution < 1.29 is 14.2 Å². The number of hydrogen-bond acceptors (Lipinski definition) is 6. The maximum atomic E-state index is 5.35. The molecule has 0 amide bonds. The minimum Gasteiger partial charge on any atom is -0.493 e. The van der Waals surface area contributed by atoms with E-state index in [-0.39, 0.29) is 0 Å². The Morgan fingerprint density at radius 1 is 1.00 bits per heavy atom. The van der Waals surface area contributed by atoms with E-state index >= 15 is 0 Å². The molecule has 0 fully saturated rings. The van der Waals surface area contributed by atoms with Gasteiger partial charge in [-0.2, -0.15) is 0 Å². The average Bonchev–Trinajstić information content (AvgIpc) is 3.15. The molecule has 0 aliphatic carbocycles. The molecule has 24 heavy (non-hydrogen) atoms. The topological polar surface area (TPSA) is 81.3 Å². The first kappa shape index (κ1) is 15.7. The highest BCUT2D eigenvalue weighted by Gasteiger charge is 2.14. The third-order valence-electron chi connectivity index (χ3n) is 3.45. The van der Waals surface area contributed by atoms with Crippen LogP contribution in [-0.2, 0) is 0 Å². The zero-order valence-electron chi connectivity index (χ0n) is 13.7. The van der Waals surface area contributed by atoms with Gasteiger partial charge in [-0.1, -0.05) is 0 Å². The molecule has 0 spiro atoms. The first-order valence-corrected chi connectivity index (χ1v) is 7.29. The smallest absolute Gasteiger partial charge is 0.227 e. The van der Waals surface area contributed by atoms with Crippen molar-refractivity contribution in [3.63, 3.8) is 0 Å². The zero-order valence-corrected chi connectivity index (χ0v) is 13.7. The van der Waals surface area contributed by atoms with E-state index in [0.29, 0.717) is 23.2 Å². The third-order valence-corrected chi connectivity index (χ3v) is 3.45. The van der Waals surface area contributed by atoms with Crippen molar-refractivity contribution in [2.24, 2.45) is 0 Å². The molecular weight excluding hydrogens is 308 g/mol. The van der Waals surface area contributed by atoms with Crippen LogP contribution in [0.5, 0.6) is 17.2 Å². The minimum atomic E-state index is 0.469. The lowest BCUT2D eigenvalue weighted by Crippen LogP contribution is -2.00. The van der Waals surface area contributed by atoms with Gasteiger partial charge in [0.1, 0.15) is 0 Å². The lowest BCUT2D eigenvalue weighted by molar-refractivity contribution is 0.324. The highest BCUT2D eigenvalue weighted by Crippen LogP contribution is 2.40. The largest absolute Gasteiger partial charge is 0.493 e. The van der Waals surface area contributed by atoms with E-state index in [0.717, 1.165) is 17.1 Å². The SMILES string of the molecule is COc1cc(Nc2nccc(-c3ccc[nH]3)n2)cc(OC)c1OC. The van der Waals surface area contributed by atoms with Crippen molar-refractivity contribution in [1.29, 1.82) is 0 Å². The van der Waals surface area contributed by atoms with Crippen LogP contribution in [-0.4, -0.2) is 36.3 Å². The molecule has 0 atom stereocenters. The predicted molar refractivity (Wildman–Crippen MR) is 91.2 cm³/mol.